The van der Waals surface area contributed by atoms with Gasteiger partial charge in [0.2, 0.25) is 0 Å². The first-order valence-electron chi connectivity index (χ1n) is 6.74. The molecule has 1 aromatic rings. The second-order valence-electron chi connectivity index (χ2n) is 6.00. The van der Waals surface area contributed by atoms with E-state index in [1.165, 1.54) is 11.1 Å². The molecular weight excluding hydrogens is 238 g/mol. The molecule has 0 radical (unpaired) electrons. The summed E-state index contributed by atoms with van der Waals surface area (Å²) in [6, 6.07) is 2.20. The van der Waals surface area contributed by atoms with Gasteiger partial charge in [0.15, 0.2) is 0 Å². The molecule has 4 heteroatoms. The number of methoxy groups -OCH3 is 1. The van der Waals surface area contributed by atoms with Crippen LogP contribution in [0.15, 0.2) is 12.3 Å². The minimum atomic E-state index is 0.127. The lowest BCUT2D eigenvalue weighted by Crippen LogP contribution is -2.35. The largest absolute Gasteiger partial charge is 0.383 e. The maximum absolute atomic E-state index is 5.09. The van der Waals surface area contributed by atoms with Crippen molar-refractivity contribution in [3.05, 3.63) is 23.4 Å². The summed E-state index contributed by atoms with van der Waals surface area (Å²) < 4.78 is 5.09. The van der Waals surface area contributed by atoms with Gasteiger partial charge in [-0.2, -0.15) is 0 Å². The topological polar surface area (TPSA) is 37.4 Å². The molecule has 0 saturated heterocycles. The van der Waals surface area contributed by atoms with Gasteiger partial charge in [0.25, 0.3) is 0 Å². The maximum Gasteiger partial charge on any atom is 0.131 e. The van der Waals surface area contributed by atoms with Gasteiger partial charge in [-0.1, -0.05) is 0 Å². The van der Waals surface area contributed by atoms with E-state index in [-0.39, 0.29) is 5.54 Å². The van der Waals surface area contributed by atoms with Gasteiger partial charge in [-0.05, 0) is 44.9 Å². The smallest absolute Gasteiger partial charge is 0.131 e. The molecule has 1 rings (SSSR count). The highest BCUT2D eigenvalue weighted by Gasteiger charge is 2.10. The maximum atomic E-state index is 5.09. The third-order valence-electron chi connectivity index (χ3n) is 2.92. The summed E-state index contributed by atoms with van der Waals surface area (Å²) in [5, 5.41) is 3.47. The van der Waals surface area contributed by atoms with Crippen LogP contribution in [0.3, 0.4) is 0 Å². The van der Waals surface area contributed by atoms with Crippen molar-refractivity contribution in [1.29, 1.82) is 0 Å². The van der Waals surface area contributed by atoms with E-state index in [1.807, 2.05) is 13.2 Å². The summed E-state index contributed by atoms with van der Waals surface area (Å²) in [5.41, 5.74) is 2.55. The van der Waals surface area contributed by atoms with Crippen molar-refractivity contribution in [2.45, 2.75) is 39.8 Å². The van der Waals surface area contributed by atoms with Crippen molar-refractivity contribution < 1.29 is 4.74 Å². The van der Waals surface area contributed by atoms with Crippen molar-refractivity contribution in [3.63, 3.8) is 0 Å². The van der Waals surface area contributed by atoms with Crippen LogP contribution < -0.4 is 10.2 Å². The number of pyridine rings is 1. The van der Waals surface area contributed by atoms with Crippen molar-refractivity contribution in [2.24, 2.45) is 0 Å². The van der Waals surface area contributed by atoms with E-state index in [2.05, 4.69) is 49.0 Å². The highest BCUT2D eigenvalue weighted by Crippen LogP contribution is 2.17. The average molecular weight is 265 g/mol. The summed E-state index contributed by atoms with van der Waals surface area (Å²) in [4.78, 5) is 6.69. The second kappa shape index (κ2) is 6.87. The molecule has 4 nitrogen and oxygen atoms in total. The third kappa shape index (κ3) is 5.57. The Bertz CT molecular complexity index is 399. The fourth-order valence-electron chi connectivity index (χ4n) is 1.82. The molecule has 0 fully saturated rings. The lowest BCUT2D eigenvalue weighted by molar-refractivity contribution is 0.206. The van der Waals surface area contributed by atoms with Crippen molar-refractivity contribution >= 4 is 5.82 Å². The Morgan fingerprint density at radius 2 is 2.05 bits per heavy atom. The van der Waals surface area contributed by atoms with E-state index in [0.29, 0.717) is 6.61 Å². The van der Waals surface area contributed by atoms with Gasteiger partial charge in [0.1, 0.15) is 5.82 Å². The molecule has 19 heavy (non-hydrogen) atoms. The summed E-state index contributed by atoms with van der Waals surface area (Å²) in [7, 11) is 3.76. The molecule has 0 bridgehead atoms. The predicted octanol–water partition coefficient (Wildman–Crippen LogP) is 2.36. The van der Waals surface area contributed by atoms with Crippen LogP contribution in [0.2, 0.25) is 0 Å². The fourth-order valence-corrected chi connectivity index (χ4v) is 1.82. The fraction of sp³-hybridized carbons (Fsp3) is 0.667. The van der Waals surface area contributed by atoms with Gasteiger partial charge in [0.05, 0.1) is 6.61 Å². The Morgan fingerprint density at radius 1 is 1.37 bits per heavy atom. The predicted molar refractivity (Wildman–Crippen MR) is 80.7 cm³/mol. The Labute approximate surface area is 117 Å². The first-order chi connectivity index (χ1) is 8.83. The third-order valence-corrected chi connectivity index (χ3v) is 2.92. The van der Waals surface area contributed by atoms with Crippen LogP contribution in [0, 0.1) is 6.92 Å². The Morgan fingerprint density at radius 3 is 2.58 bits per heavy atom. The lowest BCUT2D eigenvalue weighted by Gasteiger charge is -2.22. The Balaban J connectivity index is 2.69. The highest BCUT2D eigenvalue weighted by molar-refractivity contribution is 5.46. The van der Waals surface area contributed by atoms with E-state index in [9.17, 15) is 0 Å². The normalized spacial score (nSPS) is 11.7. The van der Waals surface area contributed by atoms with Crippen LogP contribution in [-0.4, -0.2) is 37.8 Å². The molecule has 0 amide bonds. The number of likely N-dealkylation sites (N-methyl/N-ethyl adjacent to an activating group) is 1. The van der Waals surface area contributed by atoms with Gasteiger partial charge in [-0.3, -0.25) is 0 Å². The second-order valence-corrected chi connectivity index (χ2v) is 6.00. The summed E-state index contributed by atoms with van der Waals surface area (Å²) in [6.45, 7) is 11.0. The van der Waals surface area contributed by atoms with E-state index in [1.54, 1.807) is 7.11 Å². The quantitative estimate of drug-likeness (QED) is 0.857. The van der Waals surface area contributed by atoms with Gasteiger partial charge in [-0.25, -0.2) is 4.98 Å². The SMILES string of the molecule is COCCN(C)c1ncc(CNC(C)(C)C)cc1C. The molecule has 0 atom stereocenters. The summed E-state index contributed by atoms with van der Waals surface area (Å²) >= 11 is 0. The number of nitrogens with one attached hydrogen (secondary N) is 1. The molecule has 0 unspecified atom stereocenters. The van der Waals surface area contributed by atoms with E-state index in [4.69, 9.17) is 4.74 Å². The van der Waals surface area contributed by atoms with Crippen molar-refractivity contribution in [2.75, 3.05) is 32.2 Å². The number of nitrogens with zero attached hydrogens (tertiary/aromatic N) is 2. The average Bonchev–Trinajstić information content (AvgIpc) is 2.32. The zero-order chi connectivity index (χ0) is 14.5. The highest BCUT2D eigenvalue weighted by atomic mass is 16.5. The van der Waals surface area contributed by atoms with Crippen LogP contribution in [0.1, 0.15) is 31.9 Å². The molecule has 0 saturated carbocycles. The molecule has 1 heterocycles. The van der Waals surface area contributed by atoms with Gasteiger partial charge in [0, 0.05) is 39.0 Å². The van der Waals surface area contributed by atoms with Gasteiger partial charge in [-0.15, -0.1) is 0 Å². The number of rotatable bonds is 6. The first-order valence-corrected chi connectivity index (χ1v) is 6.74. The zero-order valence-corrected chi connectivity index (χ0v) is 13.1. The van der Waals surface area contributed by atoms with Crippen molar-refractivity contribution in [1.82, 2.24) is 10.3 Å². The zero-order valence-electron chi connectivity index (χ0n) is 13.1. The number of ether oxygens (including phenoxy) is 1. The van der Waals surface area contributed by atoms with Crippen LogP contribution in [0.4, 0.5) is 5.82 Å². The molecular formula is C15H27N3O. The van der Waals surface area contributed by atoms with Crippen LogP contribution >= 0.6 is 0 Å². The van der Waals surface area contributed by atoms with Crippen LogP contribution in [0.5, 0.6) is 0 Å². The molecule has 1 aromatic heterocycles. The summed E-state index contributed by atoms with van der Waals surface area (Å²) in [6.07, 6.45) is 1.95. The molecule has 0 spiro atoms. The number of hydrogen-bond donors (Lipinski definition) is 1. The van der Waals surface area contributed by atoms with Gasteiger partial charge >= 0.3 is 0 Å². The van der Waals surface area contributed by atoms with Crippen LogP contribution in [0.25, 0.3) is 0 Å². The van der Waals surface area contributed by atoms with Crippen molar-refractivity contribution in [3.8, 4) is 0 Å². The number of hydrogen-bond acceptors (Lipinski definition) is 4. The molecule has 0 aromatic carbocycles. The monoisotopic (exact) mass is 265 g/mol. The number of aryl methyl sites for hydroxylation is 1. The molecule has 0 aliphatic rings. The van der Waals surface area contributed by atoms with Crippen LogP contribution in [-0.2, 0) is 11.3 Å². The molecule has 1 N–H and O–H groups in total. The minimum Gasteiger partial charge on any atom is -0.383 e. The standard InChI is InChI=1S/C15H27N3O/c1-12-9-13(11-17-15(2,3)4)10-16-14(12)18(5)7-8-19-6/h9-10,17H,7-8,11H2,1-6H3. The number of aromatic nitrogens is 1. The van der Waals surface area contributed by atoms with E-state index < -0.39 is 0 Å². The first kappa shape index (κ1) is 15.9. The Hall–Kier alpha value is -1.13. The van der Waals surface area contributed by atoms with E-state index >= 15 is 0 Å². The van der Waals surface area contributed by atoms with Gasteiger partial charge < -0.3 is 15.0 Å². The molecule has 108 valence electrons. The number of anilines is 1. The van der Waals surface area contributed by atoms with E-state index in [0.717, 1.165) is 18.9 Å². The summed E-state index contributed by atoms with van der Waals surface area (Å²) in [5.74, 6) is 1.02. The molecule has 0 aliphatic heterocycles. The lowest BCUT2D eigenvalue weighted by atomic mass is 10.1. The minimum absolute atomic E-state index is 0.127. The Kier molecular flexibility index (Phi) is 5.76. The molecule has 0 aliphatic carbocycles.